The highest BCUT2D eigenvalue weighted by Crippen LogP contribution is 2.20. The molecule has 1 fully saturated rings. The Hall–Kier alpha value is 0.0600. The van der Waals surface area contributed by atoms with E-state index < -0.39 is 0 Å². The molecule has 0 spiro atoms. The molecule has 0 amide bonds. The quantitative estimate of drug-likeness (QED) is 0.898. The highest BCUT2D eigenvalue weighted by molar-refractivity contribution is 9.10. The third-order valence-electron chi connectivity index (χ3n) is 2.89. The largest absolute Gasteiger partial charge is 0.378 e. The van der Waals surface area contributed by atoms with Crippen molar-refractivity contribution in [2.45, 2.75) is 12.5 Å². The van der Waals surface area contributed by atoms with Gasteiger partial charge < -0.3 is 15.0 Å². The number of ether oxygens (including phenoxy) is 1. The Balaban J connectivity index is 1.68. The number of halogens is 1. The molecule has 5 heteroatoms. The molecule has 1 aliphatic heterocycles. The minimum absolute atomic E-state index is 0.490. The van der Waals surface area contributed by atoms with Gasteiger partial charge >= 0.3 is 0 Å². The first-order valence-electron chi connectivity index (χ1n) is 5.96. The van der Waals surface area contributed by atoms with Crippen LogP contribution in [0.2, 0.25) is 0 Å². The van der Waals surface area contributed by atoms with Crippen LogP contribution in [-0.2, 0) is 11.2 Å². The second-order valence-electron chi connectivity index (χ2n) is 4.47. The lowest BCUT2D eigenvalue weighted by molar-refractivity contribution is 0.0655. The molecule has 0 aromatic carbocycles. The van der Waals surface area contributed by atoms with Crippen LogP contribution in [0.1, 0.15) is 4.88 Å². The summed E-state index contributed by atoms with van der Waals surface area (Å²) in [7, 11) is 2.18. The number of hydrogen-bond donors (Lipinski definition) is 1. The van der Waals surface area contributed by atoms with Gasteiger partial charge in [0.25, 0.3) is 0 Å². The van der Waals surface area contributed by atoms with Crippen LogP contribution in [0.4, 0.5) is 0 Å². The fraction of sp³-hybridized carbons (Fsp3) is 0.667. The predicted octanol–water partition coefficient (Wildman–Crippen LogP) is 1.97. The monoisotopic (exact) mass is 318 g/mol. The van der Waals surface area contributed by atoms with Gasteiger partial charge in [0, 0.05) is 40.4 Å². The summed E-state index contributed by atoms with van der Waals surface area (Å²) in [5.41, 5.74) is 0. The second kappa shape index (κ2) is 6.85. The molecule has 17 heavy (non-hydrogen) atoms. The van der Waals surface area contributed by atoms with Crippen LogP contribution in [0, 0.1) is 0 Å². The third-order valence-corrected chi connectivity index (χ3v) is 4.65. The number of thiophene rings is 1. The minimum Gasteiger partial charge on any atom is -0.378 e. The summed E-state index contributed by atoms with van der Waals surface area (Å²) in [5.74, 6) is 0. The number of morpholine rings is 1. The highest BCUT2D eigenvalue weighted by Gasteiger charge is 2.14. The molecular formula is C12H19BrN2OS. The average molecular weight is 319 g/mol. The summed E-state index contributed by atoms with van der Waals surface area (Å²) in [6.07, 6.45) is 1.13. The number of nitrogens with one attached hydrogen (secondary N) is 1. The Bertz CT molecular complexity index is 339. The standard InChI is InChI=1S/C12H19BrN2OS/c1-15(7-11-8-16-5-3-14-11)4-2-12-6-10(13)9-17-12/h6,9,11,14H,2-5,7-8H2,1H3. The Morgan fingerprint density at radius 2 is 2.53 bits per heavy atom. The van der Waals surface area contributed by atoms with Gasteiger partial charge in [-0.2, -0.15) is 0 Å². The van der Waals surface area contributed by atoms with Crippen molar-refractivity contribution in [2.24, 2.45) is 0 Å². The normalized spacial score (nSPS) is 21.0. The maximum atomic E-state index is 5.46. The Morgan fingerprint density at radius 1 is 1.65 bits per heavy atom. The van der Waals surface area contributed by atoms with E-state index in [1.165, 1.54) is 9.35 Å². The number of hydrogen-bond acceptors (Lipinski definition) is 4. The van der Waals surface area contributed by atoms with Crippen molar-refractivity contribution >= 4 is 27.3 Å². The first-order valence-corrected chi connectivity index (χ1v) is 7.64. The molecule has 1 atom stereocenters. The third kappa shape index (κ3) is 4.67. The van der Waals surface area contributed by atoms with Crippen LogP contribution in [0.15, 0.2) is 15.9 Å². The van der Waals surface area contributed by atoms with Gasteiger partial charge in [0.15, 0.2) is 0 Å². The van der Waals surface area contributed by atoms with E-state index in [2.05, 4.69) is 44.6 Å². The van der Waals surface area contributed by atoms with Gasteiger partial charge in [-0.1, -0.05) is 0 Å². The first-order chi connectivity index (χ1) is 8.24. The zero-order chi connectivity index (χ0) is 12.1. The van der Waals surface area contributed by atoms with E-state index in [0.717, 1.165) is 39.3 Å². The van der Waals surface area contributed by atoms with Crippen molar-refractivity contribution in [1.82, 2.24) is 10.2 Å². The summed E-state index contributed by atoms with van der Waals surface area (Å²) in [5, 5.41) is 5.63. The highest BCUT2D eigenvalue weighted by atomic mass is 79.9. The summed E-state index contributed by atoms with van der Waals surface area (Å²) in [4.78, 5) is 3.82. The minimum atomic E-state index is 0.490. The summed E-state index contributed by atoms with van der Waals surface area (Å²) < 4.78 is 6.65. The molecule has 1 aromatic rings. The van der Waals surface area contributed by atoms with Crippen LogP contribution >= 0.6 is 27.3 Å². The molecule has 1 unspecified atom stereocenters. The molecule has 1 aromatic heterocycles. The van der Waals surface area contributed by atoms with Crippen molar-refractivity contribution in [3.8, 4) is 0 Å². The van der Waals surface area contributed by atoms with Gasteiger partial charge in [-0.15, -0.1) is 11.3 Å². The van der Waals surface area contributed by atoms with E-state index in [1.807, 2.05) is 11.3 Å². The second-order valence-corrected chi connectivity index (χ2v) is 6.38. The molecule has 0 saturated carbocycles. The molecule has 1 aliphatic rings. The summed E-state index contributed by atoms with van der Waals surface area (Å²) in [6.45, 7) is 4.84. The van der Waals surface area contributed by atoms with E-state index in [1.54, 1.807) is 0 Å². The van der Waals surface area contributed by atoms with Crippen molar-refractivity contribution in [2.75, 3.05) is 39.9 Å². The molecule has 0 radical (unpaired) electrons. The van der Waals surface area contributed by atoms with E-state index in [-0.39, 0.29) is 0 Å². The van der Waals surface area contributed by atoms with Crippen molar-refractivity contribution in [3.63, 3.8) is 0 Å². The topological polar surface area (TPSA) is 24.5 Å². The molecule has 2 heterocycles. The molecule has 3 nitrogen and oxygen atoms in total. The molecule has 1 saturated heterocycles. The number of nitrogens with zero attached hydrogens (tertiary/aromatic N) is 1. The first kappa shape index (κ1) is 13.5. The maximum Gasteiger partial charge on any atom is 0.0632 e. The average Bonchev–Trinajstić information content (AvgIpc) is 2.74. The summed E-state index contributed by atoms with van der Waals surface area (Å²) >= 11 is 5.31. The van der Waals surface area contributed by atoms with Crippen LogP contribution in [0.5, 0.6) is 0 Å². The lowest BCUT2D eigenvalue weighted by Crippen LogP contribution is -2.47. The van der Waals surface area contributed by atoms with E-state index in [4.69, 9.17) is 4.74 Å². The van der Waals surface area contributed by atoms with Crippen LogP contribution in [0.25, 0.3) is 0 Å². The molecule has 2 rings (SSSR count). The Kier molecular flexibility index (Phi) is 5.44. The van der Waals surface area contributed by atoms with Crippen molar-refractivity contribution < 1.29 is 4.74 Å². The predicted molar refractivity (Wildman–Crippen MR) is 75.8 cm³/mol. The Labute approximate surface area is 115 Å². The smallest absolute Gasteiger partial charge is 0.0632 e. The van der Waals surface area contributed by atoms with Gasteiger partial charge in [0.1, 0.15) is 0 Å². The van der Waals surface area contributed by atoms with Crippen LogP contribution < -0.4 is 5.32 Å². The van der Waals surface area contributed by atoms with Gasteiger partial charge in [0.2, 0.25) is 0 Å². The van der Waals surface area contributed by atoms with Crippen molar-refractivity contribution in [3.05, 3.63) is 20.8 Å². The molecule has 0 aliphatic carbocycles. The molecule has 0 bridgehead atoms. The van der Waals surface area contributed by atoms with Gasteiger partial charge in [-0.25, -0.2) is 0 Å². The van der Waals surface area contributed by atoms with E-state index >= 15 is 0 Å². The van der Waals surface area contributed by atoms with E-state index in [0.29, 0.717) is 6.04 Å². The van der Waals surface area contributed by atoms with Gasteiger partial charge in [-0.3, -0.25) is 0 Å². The van der Waals surface area contributed by atoms with Gasteiger partial charge in [0.05, 0.1) is 13.2 Å². The van der Waals surface area contributed by atoms with E-state index in [9.17, 15) is 0 Å². The molecule has 96 valence electrons. The zero-order valence-corrected chi connectivity index (χ0v) is 12.5. The fourth-order valence-corrected chi connectivity index (χ4v) is 3.43. The fourth-order valence-electron chi connectivity index (χ4n) is 1.99. The summed E-state index contributed by atoms with van der Waals surface area (Å²) in [6, 6.07) is 2.70. The molecular weight excluding hydrogens is 300 g/mol. The number of rotatable bonds is 5. The molecule has 1 N–H and O–H groups in total. The lowest BCUT2D eigenvalue weighted by Gasteiger charge is -2.28. The SMILES string of the molecule is CN(CCc1cc(Br)cs1)CC1COCCN1. The number of likely N-dealkylation sites (N-methyl/N-ethyl adjacent to an activating group) is 1. The lowest BCUT2D eigenvalue weighted by atomic mass is 10.2. The Morgan fingerprint density at radius 3 is 3.18 bits per heavy atom. The maximum absolute atomic E-state index is 5.46. The zero-order valence-electron chi connectivity index (χ0n) is 10.1. The van der Waals surface area contributed by atoms with Gasteiger partial charge in [-0.05, 0) is 35.5 Å². The van der Waals surface area contributed by atoms with Crippen LogP contribution in [0.3, 0.4) is 0 Å². The van der Waals surface area contributed by atoms with Crippen molar-refractivity contribution in [1.29, 1.82) is 0 Å². The van der Waals surface area contributed by atoms with Crippen LogP contribution in [-0.4, -0.2) is 50.8 Å².